The lowest BCUT2D eigenvalue weighted by Gasteiger charge is -2.31. The van der Waals surface area contributed by atoms with Gasteiger partial charge in [0.05, 0.1) is 12.5 Å². The van der Waals surface area contributed by atoms with Crippen LogP contribution >= 0.6 is 0 Å². The standard InChI is InChI=1S/C16H22N2O3/c1-2-21-16(20)14-7-4-8-18(11-14)15(19)13-6-3-5-12(9-13)10-17/h3,5-6,9,14H,2,4,7-8,10-11,17H2,1H3. The van der Waals surface area contributed by atoms with Gasteiger partial charge in [-0.3, -0.25) is 9.59 Å². The molecule has 21 heavy (non-hydrogen) atoms. The molecule has 1 aromatic carbocycles. The van der Waals surface area contributed by atoms with Crippen molar-refractivity contribution in [1.29, 1.82) is 0 Å². The number of nitrogens with two attached hydrogens (primary N) is 1. The molecule has 0 bridgehead atoms. The van der Waals surface area contributed by atoms with Crippen LogP contribution < -0.4 is 5.73 Å². The number of hydrogen-bond donors (Lipinski definition) is 1. The van der Waals surface area contributed by atoms with Gasteiger partial charge < -0.3 is 15.4 Å². The molecule has 1 aromatic rings. The molecular formula is C16H22N2O3. The summed E-state index contributed by atoms with van der Waals surface area (Å²) in [7, 11) is 0. The van der Waals surface area contributed by atoms with Gasteiger partial charge in [-0.2, -0.15) is 0 Å². The Kier molecular flexibility index (Phi) is 5.33. The molecule has 0 aliphatic carbocycles. The summed E-state index contributed by atoms with van der Waals surface area (Å²) in [6.45, 7) is 3.70. The van der Waals surface area contributed by atoms with E-state index < -0.39 is 0 Å². The highest BCUT2D eigenvalue weighted by atomic mass is 16.5. The van der Waals surface area contributed by atoms with Crippen molar-refractivity contribution >= 4 is 11.9 Å². The molecule has 1 saturated heterocycles. The van der Waals surface area contributed by atoms with Crippen molar-refractivity contribution in [1.82, 2.24) is 4.90 Å². The number of amides is 1. The molecule has 1 unspecified atom stereocenters. The molecule has 114 valence electrons. The summed E-state index contributed by atoms with van der Waals surface area (Å²) in [6, 6.07) is 7.34. The van der Waals surface area contributed by atoms with Crippen LogP contribution in [0.4, 0.5) is 0 Å². The number of likely N-dealkylation sites (tertiary alicyclic amines) is 1. The van der Waals surface area contributed by atoms with Gasteiger partial charge in [0.15, 0.2) is 0 Å². The number of carbonyl (C=O) groups is 2. The Morgan fingerprint density at radius 2 is 2.24 bits per heavy atom. The lowest BCUT2D eigenvalue weighted by molar-refractivity contribution is -0.149. The van der Waals surface area contributed by atoms with E-state index in [9.17, 15) is 9.59 Å². The summed E-state index contributed by atoms with van der Waals surface area (Å²) < 4.78 is 5.06. The first-order valence-electron chi connectivity index (χ1n) is 7.40. The molecule has 0 aromatic heterocycles. The zero-order chi connectivity index (χ0) is 15.2. The third kappa shape index (κ3) is 3.82. The maximum absolute atomic E-state index is 12.5. The molecule has 1 fully saturated rings. The molecule has 0 radical (unpaired) electrons. The maximum Gasteiger partial charge on any atom is 0.310 e. The molecule has 1 amide bonds. The summed E-state index contributed by atoms with van der Waals surface area (Å²) >= 11 is 0. The Morgan fingerprint density at radius 1 is 1.43 bits per heavy atom. The second-order valence-electron chi connectivity index (χ2n) is 5.25. The zero-order valence-corrected chi connectivity index (χ0v) is 12.4. The number of carbonyl (C=O) groups excluding carboxylic acids is 2. The van der Waals surface area contributed by atoms with Crippen molar-refractivity contribution < 1.29 is 14.3 Å². The monoisotopic (exact) mass is 290 g/mol. The van der Waals surface area contributed by atoms with E-state index in [-0.39, 0.29) is 17.8 Å². The first-order valence-corrected chi connectivity index (χ1v) is 7.40. The van der Waals surface area contributed by atoms with Crippen molar-refractivity contribution in [2.24, 2.45) is 11.7 Å². The molecule has 1 aliphatic heterocycles. The van der Waals surface area contributed by atoms with Crippen LogP contribution in [0.2, 0.25) is 0 Å². The molecule has 5 heteroatoms. The fourth-order valence-corrected chi connectivity index (χ4v) is 2.63. The van der Waals surface area contributed by atoms with E-state index in [2.05, 4.69) is 0 Å². The van der Waals surface area contributed by atoms with Gasteiger partial charge >= 0.3 is 5.97 Å². The van der Waals surface area contributed by atoms with Crippen molar-refractivity contribution in [2.75, 3.05) is 19.7 Å². The summed E-state index contributed by atoms with van der Waals surface area (Å²) in [6.07, 6.45) is 1.61. The second kappa shape index (κ2) is 7.22. The van der Waals surface area contributed by atoms with Crippen LogP contribution in [0, 0.1) is 5.92 Å². The quantitative estimate of drug-likeness (QED) is 0.854. The molecule has 5 nitrogen and oxygen atoms in total. The van der Waals surface area contributed by atoms with Gasteiger partial charge in [-0.1, -0.05) is 12.1 Å². The van der Waals surface area contributed by atoms with Crippen molar-refractivity contribution in [3.63, 3.8) is 0 Å². The molecular weight excluding hydrogens is 268 g/mol. The van der Waals surface area contributed by atoms with E-state index in [1.165, 1.54) is 0 Å². The average molecular weight is 290 g/mol. The van der Waals surface area contributed by atoms with Crippen molar-refractivity contribution in [3.8, 4) is 0 Å². The molecule has 1 aliphatic rings. The first kappa shape index (κ1) is 15.5. The Balaban J connectivity index is 2.06. The highest BCUT2D eigenvalue weighted by molar-refractivity contribution is 5.94. The SMILES string of the molecule is CCOC(=O)C1CCCN(C(=O)c2cccc(CN)c2)C1. The average Bonchev–Trinajstić information content (AvgIpc) is 2.54. The van der Waals surface area contributed by atoms with E-state index in [0.29, 0.717) is 31.8 Å². The van der Waals surface area contributed by atoms with Crippen LogP contribution in [-0.4, -0.2) is 36.5 Å². The molecule has 2 N–H and O–H groups in total. The number of ether oxygens (including phenoxy) is 1. The molecule has 0 saturated carbocycles. The van der Waals surface area contributed by atoms with Gasteiger partial charge in [0.25, 0.3) is 5.91 Å². The van der Waals surface area contributed by atoms with Crippen LogP contribution in [0.1, 0.15) is 35.7 Å². The Hall–Kier alpha value is -1.88. The highest BCUT2D eigenvalue weighted by Gasteiger charge is 2.29. The predicted octanol–water partition coefficient (Wildman–Crippen LogP) is 1.56. The van der Waals surface area contributed by atoms with Crippen LogP contribution in [0.15, 0.2) is 24.3 Å². The fourth-order valence-electron chi connectivity index (χ4n) is 2.63. The van der Waals surface area contributed by atoms with E-state index in [1.807, 2.05) is 18.2 Å². The van der Waals surface area contributed by atoms with Gasteiger partial charge in [0.2, 0.25) is 0 Å². The fraction of sp³-hybridized carbons (Fsp3) is 0.500. The van der Waals surface area contributed by atoms with Gasteiger partial charge in [-0.25, -0.2) is 0 Å². The normalized spacial score (nSPS) is 18.4. The lowest BCUT2D eigenvalue weighted by Crippen LogP contribution is -2.42. The lowest BCUT2D eigenvalue weighted by atomic mass is 9.97. The van der Waals surface area contributed by atoms with E-state index in [0.717, 1.165) is 18.4 Å². The predicted molar refractivity (Wildman–Crippen MR) is 79.6 cm³/mol. The third-order valence-electron chi connectivity index (χ3n) is 3.74. The topological polar surface area (TPSA) is 72.6 Å². The molecule has 0 spiro atoms. The zero-order valence-electron chi connectivity index (χ0n) is 12.4. The first-order chi connectivity index (χ1) is 10.2. The van der Waals surface area contributed by atoms with Gasteiger partial charge in [0.1, 0.15) is 0 Å². The number of piperidine rings is 1. The molecule has 1 heterocycles. The van der Waals surface area contributed by atoms with Crippen LogP contribution in [0.3, 0.4) is 0 Å². The minimum Gasteiger partial charge on any atom is -0.466 e. The number of benzene rings is 1. The number of nitrogens with zero attached hydrogens (tertiary/aromatic N) is 1. The minimum atomic E-state index is -0.208. The summed E-state index contributed by atoms with van der Waals surface area (Å²) in [5.41, 5.74) is 7.16. The Labute approximate surface area is 125 Å². The molecule has 1 atom stereocenters. The van der Waals surface area contributed by atoms with E-state index >= 15 is 0 Å². The summed E-state index contributed by atoms with van der Waals surface area (Å²) in [5, 5.41) is 0. The second-order valence-corrected chi connectivity index (χ2v) is 5.25. The van der Waals surface area contributed by atoms with Crippen LogP contribution in [0.25, 0.3) is 0 Å². The van der Waals surface area contributed by atoms with E-state index in [1.54, 1.807) is 17.9 Å². The van der Waals surface area contributed by atoms with Gasteiger partial charge in [-0.15, -0.1) is 0 Å². The summed E-state index contributed by atoms with van der Waals surface area (Å²) in [4.78, 5) is 26.1. The van der Waals surface area contributed by atoms with Gasteiger partial charge in [-0.05, 0) is 37.5 Å². The van der Waals surface area contributed by atoms with Crippen LogP contribution in [-0.2, 0) is 16.1 Å². The Bertz CT molecular complexity index is 516. The minimum absolute atomic E-state index is 0.0423. The highest BCUT2D eigenvalue weighted by Crippen LogP contribution is 2.20. The van der Waals surface area contributed by atoms with E-state index in [4.69, 9.17) is 10.5 Å². The number of esters is 1. The summed E-state index contributed by atoms with van der Waals surface area (Å²) in [5.74, 6) is -0.453. The third-order valence-corrected chi connectivity index (χ3v) is 3.74. The van der Waals surface area contributed by atoms with Gasteiger partial charge in [0, 0.05) is 25.2 Å². The number of hydrogen-bond acceptors (Lipinski definition) is 4. The van der Waals surface area contributed by atoms with Crippen LogP contribution in [0.5, 0.6) is 0 Å². The van der Waals surface area contributed by atoms with Crippen molar-refractivity contribution in [3.05, 3.63) is 35.4 Å². The Morgan fingerprint density at radius 3 is 2.95 bits per heavy atom. The maximum atomic E-state index is 12.5. The number of rotatable bonds is 4. The molecule has 2 rings (SSSR count). The van der Waals surface area contributed by atoms with Crippen molar-refractivity contribution in [2.45, 2.75) is 26.3 Å². The largest absolute Gasteiger partial charge is 0.466 e. The smallest absolute Gasteiger partial charge is 0.310 e.